The highest BCUT2D eigenvalue weighted by molar-refractivity contribution is 7.90. The summed E-state index contributed by atoms with van der Waals surface area (Å²) in [5.41, 5.74) is 1.22. The van der Waals surface area contributed by atoms with E-state index < -0.39 is 9.84 Å². The van der Waals surface area contributed by atoms with Gasteiger partial charge in [0.1, 0.15) is 12.3 Å². The second kappa shape index (κ2) is 5.19. The topological polar surface area (TPSA) is 78.0 Å². The first-order chi connectivity index (χ1) is 10.7. The number of benzene rings is 1. The Bertz CT molecular complexity index is 962. The first kappa shape index (κ1) is 15.7. The minimum atomic E-state index is -3.45. The SMILES string of the molecule is CC(C)(C)c1cnc(Cn2c(S(C)(=O)=O)nc3ccccc32)o1. The van der Waals surface area contributed by atoms with Gasteiger partial charge < -0.3 is 8.98 Å². The maximum absolute atomic E-state index is 12.0. The Morgan fingerprint density at radius 1 is 1.22 bits per heavy atom. The van der Waals surface area contributed by atoms with Crippen LogP contribution >= 0.6 is 0 Å². The van der Waals surface area contributed by atoms with Gasteiger partial charge in [0.25, 0.3) is 0 Å². The second-order valence-corrected chi connectivity index (χ2v) is 8.52. The van der Waals surface area contributed by atoms with Gasteiger partial charge in [-0.05, 0) is 12.1 Å². The number of rotatable bonds is 3. The van der Waals surface area contributed by atoms with Crippen molar-refractivity contribution in [2.24, 2.45) is 0 Å². The minimum Gasteiger partial charge on any atom is -0.443 e. The van der Waals surface area contributed by atoms with Crippen LogP contribution in [0.5, 0.6) is 0 Å². The summed E-state index contributed by atoms with van der Waals surface area (Å²) in [4.78, 5) is 8.52. The van der Waals surface area contributed by atoms with E-state index in [9.17, 15) is 8.42 Å². The number of sulfone groups is 1. The molecular weight excluding hydrogens is 314 g/mol. The third kappa shape index (κ3) is 3.01. The monoisotopic (exact) mass is 333 g/mol. The lowest BCUT2D eigenvalue weighted by molar-refractivity contribution is 0.374. The minimum absolute atomic E-state index is 0.0224. The zero-order valence-corrected chi connectivity index (χ0v) is 14.4. The molecule has 0 aliphatic rings. The molecule has 0 atom stereocenters. The maximum Gasteiger partial charge on any atom is 0.228 e. The highest BCUT2D eigenvalue weighted by Crippen LogP contribution is 2.25. The van der Waals surface area contributed by atoms with Crippen LogP contribution in [0, 0.1) is 0 Å². The number of para-hydroxylation sites is 2. The fourth-order valence-electron chi connectivity index (χ4n) is 2.35. The number of fused-ring (bicyclic) bond motifs is 1. The van der Waals surface area contributed by atoms with Crippen molar-refractivity contribution in [1.29, 1.82) is 0 Å². The van der Waals surface area contributed by atoms with E-state index in [0.717, 1.165) is 17.5 Å². The molecule has 0 aliphatic carbocycles. The van der Waals surface area contributed by atoms with Crippen LogP contribution < -0.4 is 0 Å². The van der Waals surface area contributed by atoms with Gasteiger partial charge in [-0.1, -0.05) is 32.9 Å². The van der Waals surface area contributed by atoms with E-state index in [0.29, 0.717) is 11.4 Å². The Balaban J connectivity index is 2.10. The Hall–Kier alpha value is -2.15. The standard InChI is InChI=1S/C16H19N3O3S/c1-16(2,3)13-9-17-14(22-13)10-19-12-8-6-5-7-11(12)18-15(19)23(4,20)21/h5-9H,10H2,1-4H3. The van der Waals surface area contributed by atoms with Gasteiger partial charge in [-0.3, -0.25) is 0 Å². The van der Waals surface area contributed by atoms with Crippen LogP contribution in [0.2, 0.25) is 0 Å². The molecule has 0 amide bonds. The van der Waals surface area contributed by atoms with Crippen molar-refractivity contribution in [3.05, 3.63) is 42.1 Å². The maximum atomic E-state index is 12.0. The number of hydrogen-bond donors (Lipinski definition) is 0. The predicted molar refractivity (Wildman–Crippen MR) is 87.1 cm³/mol. The molecule has 23 heavy (non-hydrogen) atoms. The second-order valence-electron chi connectivity index (χ2n) is 6.61. The van der Waals surface area contributed by atoms with Gasteiger partial charge in [-0.25, -0.2) is 18.4 Å². The molecule has 0 saturated carbocycles. The van der Waals surface area contributed by atoms with Crippen molar-refractivity contribution in [3.63, 3.8) is 0 Å². The first-order valence-corrected chi connectivity index (χ1v) is 9.16. The lowest BCUT2D eigenvalue weighted by Crippen LogP contribution is -2.11. The van der Waals surface area contributed by atoms with E-state index in [-0.39, 0.29) is 17.1 Å². The lowest BCUT2D eigenvalue weighted by Gasteiger charge is -2.13. The Labute approximate surface area is 135 Å². The van der Waals surface area contributed by atoms with Crippen LogP contribution in [-0.4, -0.2) is 29.2 Å². The van der Waals surface area contributed by atoms with Crippen LogP contribution in [0.3, 0.4) is 0 Å². The molecule has 3 rings (SSSR count). The number of imidazole rings is 1. The molecule has 122 valence electrons. The molecule has 0 bridgehead atoms. The largest absolute Gasteiger partial charge is 0.443 e. The molecule has 6 nitrogen and oxygen atoms in total. The molecule has 0 unspecified atom stereocenters. The highest BCUT2D eigenvalue weighted by atomic mass is 32.2. The summed E-state index contributed by atoms with van der Waals surface area (Å²) in [7, 11) is -3.45. The molecule has 3 aromatic rings. The van der Waals surface area contributed by atoms with Crippen LogP contribution in [0.15, 0.2) is 40.0 Å². The number of nitrogens with zero attached hydrogens (tertiary/aromatic N) is 3. The first-order valence-electron chi connectivity index (χ1n) is 7.27. The number of aromatic nitrogens is 3. The molecule has 0 saturated heterocycles. The molecule has 0 fully saturated rings. The van der Waals surface area contributed by atoms with Crippen molar-refractivity contribution in [3.8, 4) is 0 Å². The number of oxazole rings is 1. The van der Waals surface area contributed by atoms with Gasteiger partial charge in [0.05, 0.1) is 17.2 Å². The molecule has 0 spiro atoms. The third-order valence-electron chi connectivity index (χ3n) is 3.54. The zero-order valence-electron chi connectivity index (χ0n) is 13.6. The zero-order chi connectivity index (χ0) is 16.8. The molecule has 1 aromatic carbocycles. The van der Waals surface area contributed by atoms with Gasteiger partial charge in [0.2, 0.25) is 20.9 Å². The average molecular weight is 333 g/mol. The van der Waals surface area contributed by atoms with Crippen molar-refractivity contribution in [1.82, 2.24) is 14.5 Å². The average Bonchev–Trinajstić information content (AvgIpc) is 3.03. The van der Waals surface area contributed by atoms with Crippen molar-refractivity contribution < 1.29 is 12.8 Å². The summed E-state index contributed by atoms with van der Waals surface area (Å²) in [5.74, 6) is 1.22. The lowest BCUT2D eigenvalue weighted by atomic mass is 9.94. The Morgan fingerprint density at radius 3 is 2.52 bits per heavy atom. The van der Waals surface area contributed by atoms with Gasteiger partial charge >= 0.3 is 0 Å². The normalized spacial score (nSPS) is 12.9. The summed E-state index contributed by atoms with van der Waals surface area (Å²) < 4.78 is 31.5. The van der Waals surface area contributed by atoms with Crippen molar-refractivity contribution in [2.75, 3.05) is 6.26 Å². The molecule has 0 N–H and O–H groups in total. The highest BCUT2D eigenvalue weighted by Gasteiger charge is 2.23. The van der Waals surface area contributed by atoms with Gasteiger partial charge in [-0.15, -0.1) is 0 Å². The molecule has 2 aromatic heterocycles. The van der Waals surface area contributed by atoms with Crippen LogP contribution in [-0.2, 0) is 21.8 Å². The fourth-order valence-corrected chi connectivity index (χ4v) is 3.18. The van der Waals surface area contributed by atoms with Crippen molar-refractivity contribution in [2.45, 2.75) is 37.9 Å². The summed E-state index contributed by atoms with van der Waals surface area (Å²) in [5, 5.41) is 0.0224. The van der Waals surface area contributed by atoms with Gasteiger partial charge in [0, 0.05) is 11.7 Å². The Morgan fingerprint density at radius 2 is 1.91 bits per heavy atom. The van der Waals surface area contributed by atoms with E-state index >= 15 is 0 Å². The summed E-state index contributed by atoms with van der Waals surface area (Å²) in [6, 6.07) is 7.30. The van der Waals surface area contributed by atoms with E-state index in [2.05, 4.69) is 9.97 Å². The molecule has 7 heteroatoms. The molecule has 2 heterocycles. The summed E-state index contributed by atoms with van der Waals surface area (Å²) in [6.07, 6.45) is 2.84. The smallest absolute Gasteiger partial charge is 0.228 e. The van der Waals surface area contributed by atoms with Crippen LogP contribution in [0.4, 0.5) is 0 Å². The van der Waals surface area contributed by atoms with E-state index in [1.165, 1.54) is 0 Å². The molecule has 0 aliphatic heterocycles. The van der Waals surface area contributed by atoms with Gasteiger partial charge in [0.15, 0.2) is 0 Å². The summed E-state index contributed by atoms with van der Waals surface area (Å²) in [6.45, 7) is 6.32. The summed E-state index contributed by atoms with van der Waals surface area (Å²) >= 11 is 0. The fraction of sp³-hybridized carbons (Fsp3) is 0.375. The van der Waals surface area contributed by atoms with Crippen LogP contribution in [0.25, 0.3) is 11.0 Å². The van der Waals surface area contributed by atoms with Crippen molar-refractivity contribution >= 4 is 20.9 Å². The van der Waals surface area contributed by atoms with Crippen LogP contribution in [0.1, 0.15) is 32.4 Å². The molecular formula is C16H19N3O3S. The molecule has 0 radical (unpaired) electrons. The predicted octanol–water partition coefficient (Wildman–Crippen LogP) is 2.77. The third-order valence-corrected chi connectivity index (χ3v) is 4.51. The van der Waals surface area contributed by atoms with E-state index in [1.54, 1.807) is 16.8 Å². The Kier molecular flexibility index (Phi) is 3.55. The van der Waals surface area contributed by atoms with Gasteiger partial charge in [-0.2, -0.15) is 0 Å². The van der Waals surface area contributed by atoms with E-state index in [1.807, 2.05) is 39.0 Å². The van der Waals surface area contributed by atoms with E-state index in [4.69, 9.17) is 4.42 Å². The quantitative estimate of drug-likeness (QED) is 0.736. The number of hydrogen-bond acceptors (Lipinski definition) is 5.